The third-order valence-corrected chi connectivity index (χ3v) is 3.77. The summed E-state index contributed by atoms with van der Waals surface area (Å²) in [7, 11) is 0. The van der Waals surface area contributed by atoms with Crippen LogP contribution in [0.2, 0.25) is 0 Å². The summed E-state index contributed by atoms with van der Waals surface area (Å²) in [6, 6.07) is 11.2. The maximum Gasteiger partial charge on any atom is 0.310 e. The molecule has 0 bridgehead atoms. The third kappa shape index (κ3) is 5.04. The largest absolute Gasteiger partial charge is 0.481 e. The summed E-state index contributed by atoms with van der Waals surface area (Å²) in [6.45, 7) is 0.166. The maximum atomic E-state index is 12.1. The average molecular weight is 304 g/mol. The van der Waals surface area contributed by atoms with Crippen molar-refractivity contribution in [3.8, 4) is 0 Å². The molecule has 0 amide bonds. The first-order valence-corrected chi connectivity index (χ1v) is 7.53. The number of benzene rings is 1. The zero-order valence-corrected chi connectivity index (χ0v) is 12.2. The third-order valence-electron chi connectivity index (χ3n) is 3.04. The van der Waals surface area contributed by atoms with E-state index in [1.807, 2.05) is 47.2 Å². The van der Waals surface area contributed by atoms with E-state index in [1.54, 1.807) is 0 Å². The van der Waals surface area contributed by atoms with Gasteiger partial charge in [-0.15, -0.1) is 0 Å². The van der Waals surface area contributed by atoms with Crippen LogP contribution in [-0.4, -0.2) is 17.0 Å². The summed E-state index contributed by atoms with van der Waals surface area (Å²) >= 11 is 1.52. The molecule has 2 aromatic rings. The zero-order valence-electron chi connectivity index (χ0n) is 11.4. The lowest BCUT2D eigenvalue weighted by molar-refractivity contribution is -0.154. The van der Waals surface area contributed by atoms with Gasteiger partial charge in [0.05, 0.1) is 12.3 Å². The molecule has 0 saturated heterocycles. The Kier molecular flexibility index (Phi) is 5.51. The molecule has 0 saturated carbocycles. The first-order chi connectivity index (χ1) is 10.1. The summed E-state index contributed by atoms with van der Waals surface area (Å²) in [5, 5.41) is 12.8. The molecule has 1 atom stereocenters. The predicted molar refractivity (Wildman–Crippen MR) is 80.0 cm³/mol. The van der Waals surface area contributed by atoms with E-state index in [4.69, 9.17) is 9.84 Å². The first-order valence-electron chi connectivity index (χ1n) is 6.58. The molecule has 5 heteroatoms. The maximum absolute atomic E-state index is 12.1. The number of esters is 1. The molecular weight excluding hydrogens is 288 g/mol. The summed E-state index contributed by atoms with van der Waals surface area (Å²) in [4.78, 5) is 23.0. The Hall–Kier alpha value is -2.14. The van der Waals surface area contributed by atoms with Crippen LogP contribution in [0, 0.1) is 5.92 Å². The van der Waals surface area contributed by atoms with Gasteiger partial charge in [-0.1, -0.05) is 30.3 Å². The van der Waals surface area contributed by atoms with Crippen molar-refractivity contribution < 1.29 is 19.4 Å². The van der Waals surface area contributed by atoms with Crippen molar-refractivity contribution in [3.05, 3.63) is 58.3 Å². The van der Waals surface area contributed by atoms with Gasteiger partial charge in [0.25, 0.3) is 0 Å². The fourth-order valence-corrected chi connectivity index (χ4v) is 2.67. The molecular formula is C16H16O4S. The van der Waals surface area contributed by atoms with Gasteiger partial charge in [0.2, 0.25) is 0 Å². The van der Waals surface area contributed by atoms with E-state index in [-0.39, 0.29) is 13.0 Å². The van der Waals surface area contributed by atoms with E-state index in [0.29, 0.717) is 6.42 Å². The van der Waals surface area contributed by atoms with Gasteiger partial charge in [-0.05, 0) is 34.4 Å². The van der Waals surface area contributed by atoms with Crippen LogP contribution in [0.15, 0.2) is 47.2 Å². The molecule has 21 heavy (non-hydrogen) atoms. The molecule has 1 aromatic carbocycles. The number of carbonyl (C=O) groups excluding carboxylic acids is 1. The van der Waals surface area contributed by atoms with Crippen LogP contribution in [0.4, 0.5) is 0 Å². The first kappa shape index (κ1) is 15.3. The van der Waals surface area contributed by atoms with Crippen molar-refractivity contribution in [1.82, 2.24) is 0 Å². The van der Waals surface area contributed by atoms with Crippen LogP contribution in [-0.2, 0) is 27.4 Å². The van der Waals surface area contributed by atoms with E-state index in [2.05, 4.69) is 0 Å². The van der Waals surface area contributed by atoms with Gasteiger partial charge in [-0.25, -0.2) is 0 Å². The Balaban J connectivity index is 1.95. The van der Waals surface area contributed by atoms with E-state index in [0.717, 1.165) is 11.1 Å². The Morgan fingerprint density at radius 1 is 1.14 bits per heavy atom. The molecule has 1 aromatic heterocycles. The van der Waals surface area contributed by atoms with Crippen LogP contribution in [0.1, 0.15) is 17.5 Å². The lowest BCUT2D eigenvalue weighted by atomic mass is 9.98. The van der Waals surface area contributed by atoms with E-state index in [9.17, 15) is 9.59 Å². The summed E-state index contributed by atoms with van der Waals surface area (Å²) in [5.74, 6) is -2.11. The van der Waals surface area contributed by atoms with E-state index in [1.165, 1.54) is 11.3 Å². The topological polar surface area (TPSA) is 63.6 Å². The van der Waals surface area contributed by atoms with Gasteiger partial charge >= 0.3 is 11.9 Å². The van der Waals surface area contributed by atoms with Gasteiger partial charge in [-0.2, -0.15) is 11.3 Å². The Morgan fingerprint density at radius 3 is 2.52 bits per heavy atom. The van der Waals surface area contributed by atoms with Gasteiger partial charge in [0, 0.05) is 0 Å². The molecule has 0 fully saturated rings. The molecule has 0 aliphatic rings. The molecule has 2 rings (SSSR count). The smallest absolute Gasteiger partial charge is 0.310 e. The van der Waals surface area contributed by atoms with Crippen LogP contribution in [0.25, 0.3) is 0 Å². The Bertz CT molecular complexity index is 578. The second-order valence-electron chi connectivity index (χ2n) is 4.72. The lowest BCUT2D eigenvalue weighted by Crippen LogP contribution is -2.23. The predicted octanol–water partition coefficient (Wildman–Crippen LogP) is 3.12. The Morgan fingerprint density at radius 2 is 1.90 bits per heavy atom. The van der Waals surface area contributed by atoms with Crippen molar-refractivity contribution in [2.45, 2.75) is 19.4 Å². The number of carbonyl (C=O) groups is 2. The number of carboxylic acid groups (broad SMARTS) is 1. The van der Waals surface area contributed by atoms with Gasteiger partial charge in [0.1, 0.15) is 6.61 Å². The van der Waals surface area contributed by atoms with E-state index < -0.39 is 17.9 Å². The SMILES string of the molecule is O=C(O)C[C@@H](Cc1ccsc1)C(=O)OCc1ccccc1. The Labute approximate surface area is 127 Å². The van der Waals surface area contributed by atoms with Crippen LogP contribution in [0.3, 0.4) is 0 Å². The van der Waals surface area contributed by atoms with E-state index >= 15 is 0 Å². The molecule has 110 valence electrons. The normalized spacial score (nSPS) is 11.8. The molecule has 1 heterocycles. The minimum Gasteiger partial charge on any atom is -0.481 e. The molecule has 4 nitrogen and oxygen atoms in total. The second kappa shape index (κ2) is 7.59. The summed E-state index contributed by atoms with van der Waals surface area (Å²) < 4.78 is 5.24. The molecule has 0 radical (unpaired) electrons. The number of hydrogen-bond donors (Lipinski definition) is 1. The number of carboxylic acids is 1. The number of hydrogen-bond acceptors (Lipinski definition) is 4. The highest BCUT2D eigenvalue weighted by molar-refractivity contribution is 7.07. The number of ether oxygens (including phenoxy) is 1. The molecule has 1 N–H and O–H groups in total. The van der Waals surface area contributed by atoms with Crippen molar-refractivity contribution >= 4 is 23.3 Å². The highest BCUT2D eigenvalue weighted by atomic mass is 32.1. The zero-order chi connectivity index (χ0) is 15.1. The van der Waals surface area contributed by atoms with Gasteiger partial charge in [0.15, 0.2) is 0 Å². The molecule has 0 unspecified atom stereocenters. The minimum absolute atomic E-state index is 0.166. The minimum atomic E-state index is -0.994. The molecule has 0 aliphatic carbocycles. The monoisotopic (exact) mass is 304 g/mol. The van der Waals surface area contributed by atoms with Gasteiger partial charge < -0.3 is 9.84 Å². The quantitative estimate of drug-likeness (QED) is 0.798. The molecule has 0 spiro atoms. The second-order valence-corrected chi connectivity index (χ2v) is 5.50. The van der Waals surface area contributed by atoms with Gasteiger partial charge in [-0.3, -0.25) is 9.59 Å². The molecule has 0 aliphatic heterocycles. The van der Waals surface area contributed by atoms with Crippen LogP contribution >= 0.6 is 11.3 Å². The average Bonchev–Trinajstić information content (AvgIpc) is 2.98. The fraction of sp³-hybridized carbons (Fsp3) is 0.250. The van der Waals surface area contributed by atoms with Crippen molar-refractivity contribution in [2.24, 2.45) is 5.92 Å². The number of thiophene rings is 1. The van der Waals surface area contributed by atoms with Crippen LogP contribution in [0.5, 0.6) is 0 Å². The highest BCUT2D eigenvalue weighted by Crippen LogP contribution is 2.17. The number of aliphatic carboxylic acids is 1. The standard InChI is InChI=1S/C16H16O4S/c17-15(18)9-14(8-13-6-7-21-11-13)16(19)20-10-12-4-2-1-3-5-12/h1-7,11,14H,8-10H2,(H,17,18)/t14-/m1/s1. The van der Waals surface area contributed by atoms with Crippen molar-refractivity contribution in [3.63, 3.8) is 0 Å². The van der Waals surface area contributed by atoms with Crippen LogP contribution < -0.4 is 0 Å². The fourth-order valence-electron chi connectivity index (χ4n) is 1.99. The van der Waals surface area contributed by atoms with Crippen molar-refractivity contribution in [1.29, 1.82) is 0 Å². The highest BCUT2D eigenvalue weighted by Gasteiger charge is 2.23. The summed E-state index contributed by atoms with van der Waals surface area (Å²) in [5.41, 5.74) is 1.85. The lowest BCUT2D eigenvalue weighted by Gasteiger charge is -2.13. The number of rotatable bonds is 7. The summed E-state index contributed by atoms with van der Waals surface area (Å²) in [6.07, 6.45) is 0.174. The van der Waals surface area contributed by atoms with Crippen molar-refractivity contribution in [2.75, 3.05) is 0 Å².